The number of hydrogen-bond acceptors (Lipinski definition) is 3. The van der Waals surface area contributed by atoms with Crippen molar-refractivity contribution in [1.82, 2.24) is 5.32 Å². The lowest BCUT2D eigenvalue weighted by atomic mass is 10.1. The van der Waals surface area contributed by atoms with Crippen molar-refractivity contribution >= 4 is 5.91 Å². The molecule has 1 amide bonds. The summed E-state index contributed by atoms with van der Waals surface area (Å²) in [7, 11) is 0. The number of rotatable bonds is 10. The summed E-state index contributed by atoms with van der Waals surface area (Å²) in [5, 5.41) is 11.8. The summed E-state index contributed by atoms with van der Waals surface area (Å²) in [6, 6.07) is 7.90. The van der Waals surface area contributed by atoms with Gasteiger partial charge in [-0.15, -0.1) is 0 Å². The van der Waals surface area contributed by atoms with Crippen molar-refractivity contribution in [3.05, 3.63) is 29.8 Å². The number of aliphatic hydroxyl groups excluding tert-OH is 1. The van der Waals surface area contributed by atoms with Gasteiger partial charge in [-0.3, -0.25) is 4.79 Å². The molecule has 4 heteroatoms. The third kappa shape index (κ3) is 8.35. The first-order valence-electron chi connectivity index (χ1n) is 7.69. The lowest BCUT2D eigenvalue weighted by Crippen LogP contribution is -2.25. The highest BCUT2D eigenvalue weighted by atomic mass is 16.5. The number of aliphatic hydroxyl groups is 1. The Labute approximate surface area is 127 Å². The Morgan fingerprint density at radius 1 is 1.29 bits per heavy atom. The molecule has 0 aliphatic heterocycles. The number of amides is 1. The van der Waals surface area contributed by atoms with Gasteiger partial charge in [-0.2, -0.15) is 0 Å². The topological polar surface area (TPSA) is 58.6 Å². The third-order valence-electron chi connectivity index (χ3n) is 3.35. The molecule has 0 heterocycles. The van der Waals surface area contributed by atoms with Gasteiger partial charge < -0.3 is 15.2 Å². The summed E-state index contributed by atoms with van der Waals surface area (Å²) in [5.74, 6) is 1.22. The summed E-state index contributed by atoms with van der Waals surface area (Å²) in [6.45, 7) is 5.49. The fraction of sp³-hybridized carbons (Fsp3) is 0.588. The van der Waals surface area contributed by atoms with E-state index in [0.717, 1.165) is 18.6 Å². The summed E-state index contributed by atoms with van der Waals surface area (Å²) in [4.78, 5) is 11.6. The average molecular weight is 293 g/mol. The molecule has 0 aromatic heterocycles. The first-order chi connectivity index (χ1) is 10.1. The summed E-state index contributed by atoms with van der Waals surface area (Å²) in [5.41, 5.74) is 1.21. The van der Waals surface area contributed by atoms with Crippen LogP contribution < -0.4 is 10.1 Å². The number of benzene rings is 1. The highest BCUT2D eigenvalue weighted by Crippen LogP contribution is 2.11. The first-order valence-corrected chi connectivity index (χ1v) is 7.69. The number of ether oxygens (including phenoxy) is 1. The van der Waals surface area contributed by atoms with E-state index >= 15 is 0 Å². The standard InChI is InChI=1S/C17H27NO3/c1-14-7-9-16(10-8-14)21-12-4-6-17(20)18-11-3-5-15(2)13-19/h7-10,15,19H,3-6,11-13H2,1-2H3,(H,18,20). The van der Waals surface area contributed by atoms with Crippen LogP contribution in [-0.4, -0.2) is 30.8 Å². The molecule has 1 rings (SSSR count). The molecule has 1 unspecified atom stereocenters. The molecule has 21 heavy (non-hydrogen) atoms. The summed E-state index contributed by atoms with van der Waals surface area (Å²) in [6.07, 6.45) is 3.05. The maximum absolute atomic E-state index is 11.6. The molecule has 1 aromatic rings. The number of carbonyl (C=O) groups is 1. The molecule has 1 atom stereocenters. The quantitative estimate of drug-likeness (QED) is 0.652. The largest absolute Gasteiger partial charge is 0.494 e. The minimum atomic E-state index is 0.0687. The van der Waals surface area contributed by atoms with E-state index < -0.39 is 0 Å². The SMILES string of the molecule is Cc1ccc(OCCCC(=O)NCCCC(C)CO)cc1. The Balaban J connectivity index is 2.02. The Kier molecular flexibility index (Phi) is 8.51. The molecule has 0 aliphatic carbocycles. The van der Waals surface area contributed by atoms with Crippen LogP contribution >= 0.6 is 0 Å². The predicted octanol–water partition coefficient (Wildman–Crippen LogP) is 2.68. The van der Waals surface area contributed by atoms with Gasteiger partial charge in [0.25, 0.3) is 0 Å². The van der Waals surface area contributed by atoms with Crippen molar-refractivity contribution < 1.29 is 14.6 Å². The van der Waals surface area contributed by atoms with Crippen LogP contribution in [0.2, 0.25) is 0 Å². The minimum Gasteiger partial charge on any atom is -0.494 e. The van der Waals surface area contributed by atoms with Gasteiger partial charge in [0.2, 0.25) is 5.91 Å². The van der Waals surface area contributed by atoms with Crippen molar-refractivity contribution in [3.8, 4) is 5.75 Å². The van der Waals surface area contributed by atoms with E-state index in [1.54, 1.807) is 0 Å². The Morgan fingerprint density at radius 2 is 2.00 bits per heavy atom. The maximum Gasteiger partial charge on any atom is 0.220 e. The molecule has 4 nitrogen and oxygen atoms in total. The lowest BCUT2D eigenvalue weighted by Gasteiger charge is -2.09. The van der Waals surface area contributed by atoms with Gasteiger partial charge >= 0.3 is 0 Å². The monoisotopic (exact) mass is 293 g/mol. The normalized spacial score (nSPS) is 12.0. The van der Waals surface area contributed by atoms with Crippen molar-refractivity contribution in [1.29, 1.82) is 0 Å². The molecule has 1 aromatic carbocycles. The smallest absolute Gasteiger partial charge is 0.220 e. The Hall–Kier alpha value is -1.55. The number of aryl methyl sites for hydroxylation is 1. The molecular formula is C17H27NO3. The highest BCUT2D eigenvalue weighted by molar-refractivity contribution is 5.75. The molecule has 0 spiro atoms. The maximum atomic E-state index is 11.6. The van der Waals surface area contributed by atoms with Crippen molar-refractivity contribution in [2.45, 2.75) is 39.5 Å². The van der Waals surface area contributed by atoms with Gasteiger partial charge in [-0.25, -0.2) is 0 Å². The molecule has 2 N–H and O–H groups in total. The first kappa shape index (κ1) is 17.5. The molecule has 0 saturated carbocycles. The molecule has 0 saturated heterocycles. The zero-order valence-electron chi connectivity index (χ0n) is 13.1. The second-order valence-corrected chi connectivity index (χ2v) is 5.54. The molecule has 0 radical (unpaired) electrons. The van der Waals surface area contributed by atoms with Crippen molar-refractivity contribution in [2.75, 3.05) is 19.8 Å². The van der Waals surface area contributed by atoms with Crippen LogP contribution in [0.5, 0.6) is 5.75 Å². The summed E-state index contributed by atoms with van der Waals surface area (Å²) >= 11 is 0. The fourth-order valence-corrected chi connectivity index (χ4v) is 1.92. The van der Waals surface area contributed by atoms with E-state index in [-0.39, 0.29) is 12.5 Å². The van der Waals surface area contributed by atoms with Gasteiger partial charge in [0.05, 0.1) is 6.61 Å². The second-order valence-electron chi connectivity index (χ2n) is 5.54. The van der Waals surface area contributed by atoms with Gasteiger partial charge in [0.1, 0.15) is 5.75 Å². The lowest BCUT2D eigenvalue weighted by molar-refractivity contribution is -0.121. The Morgan fingerprint density at radius 3 is 2.67 bits per heavy atom. The van der Waals surface area contributed by atoms with Crippen LogP contribution in [0, 0.1) is 12.8 Å². The van der Waals surface area contributed by atoms with Crippen LogP contribution in [0.4, 0.5) is 0 Å². The predicted molar refractivity (Wildman–Crippen MR) is 84.4 cm³/mol. The van der Waals surface area contributed by atoms with E-state index in [4.69, 9.17) is 9.84 Å². The number of nitrogens with one attached hydrogen (secondary N) is 1. The Bertz CT molecular complexity index is 403. The molecule has 0 fully saturated rings. The fourth-order valence-electron chi connectivity index (χ4n) is 1.92. The summed E-state index contributed by atoms with van der Waals surface area (Å²) < 4.78 is 5.58. The van der Waals surface area contributed by atoms with Gasteiger partial charge in [-0.05, 0) is 44.2 Å². The van der Waals surface area contributed by atoms with E-state index in [9.17, 15) is 4.79 Å². The van der Waals surface area contributed by atoms with Crippen molar-refractivity contribution in [3.63, 3.8) is 0 Å². The van der Waals surface area contributed by atoms with Crippen LogP contribution in [0.25, 0.3) is 0 Å². The van der Waals surface area contributed by atoms with E-state index in [1.165, 1.54) is 5.56 Å². The highest BCUT2D eigenvalue weighted by Gasteiger charge is 2.03. The van der Waals surface area contributed by atoms with Crippen LogP contribution in [0.1, 0.15) is 38.2 Å². The average Bonchev–Trinajstić information content (AvgIpc) is 2.49. The second kappa shape index (κ2) is 10.2. The molecule has 0 aliphatic rings. The van der Waals surface area contributed by atoms with Crippen LogP contribution in [0.3, 0.4) is 0 Å². The zero-order chi connectivity index (χ0) is 15.5. The van der Waals surface area contributed by atoms with Crippen molar-refractivity contribution in [2.24, 2.45) is 5.92 Å². The number of hydrogen-bond donors (Lipinski definition) is 2. The van der Waals surface area contributed by atoms with Crippen LogP contribution in [0.15, 0.2) is 24.3 Å². The van der Waals surface area contributed by atoms with Crippen LogP contribution in [-0.2, 0) is 4.79 Å². The molecule has 118 valence electrons. The van der Waals surface area contributed by atoms with Gasteiger partial charge in [-0.1, -0.05) is 24.6 Å². The van der Waals surface area contributed by atoms with E-state index in [2.05, 4.69) is 5.32 Å². The third-order valence-corrected chi connectivity index (χ3v) is 3.35. The van der Waals surface area contributed by atoms with Gasteiger partial charge in [0.15, 0.2) is 0 Å². The zero-order valence-corrected chi connectivity index (χ0v) is 13.1. The number of carbonyl (C=O) groups excluding carboxylic acids is 1. The van der Waals surface area contributed by atoms with E-state index in [0.29, 0.717) is 31.9 Å². The van der Waals surface area contributed by atoms with E-state index in [1.807, 2.05) is 38.1 Å². The minimum absolute atomic E-state index is 0.0687. The molecule has 0 bridgehead atoms. The van der Waals surface area contributed by atoms with Gasteiger partial charge in [0, 0.05) is 19.6 Å². The molecular weight excluding hydrogens is 266 g/mol.